The summed E-state index contributed by atoms with van der Waals surface area (Å²) >= 11 is 0. The molecule has 0 saturated carbocycles. The second-order valence-electron chi connectivity index (χ2n) is 2.62. The summed E-state index contributed by atoms with van der Waals surface area (Å²) < 4.78 is 0. The molecule has 0 aliphatic carbocycles. The first-order valence-electron chi connectivity index (χ1n) is 4.07. The third kappa shape index (κ3) is 2.88. The Balaban J connectivity index is 2.77. The first-order chi connectivity index (χ1) is 7.30. The van der Waals surface area contributed by atoms with Crippen LogP contribution in [0.25, 0.3) is 0 Å². The zero-order chi connectivity index (χ0) is 11.1. The normalized spacial score (nSPS) is 7.80. The standard InChI is InChI=1S/C11H6N4/c12-5-9-1-3-11(4-2-9)15-8-10(6-13)7-14/h1-4,8,15H. The highest BCUT2D eigenvalue weighted by atomic mass is 14.8. The van der Waals surface area contributed by atoms with Crippen LogP contribution in [0.15, 0.2) is 36.0 Å². The van der Waals surface area contributed by atoms with Crippen molar-refractivity contribution in [1.29, 1.82) is 15.8 Å². The van der Waals surface area contributed by atoms with Crippen LogP contribution in [0, 0.1) is 34.0 Å². The van der Waals surface area contributed by atoms with Crippen molar-refractivity contribution in [1.82, 2.24) is 0 Å². The van der Waals surface area contributed by atoms with Gasteiger partial charge in [-0.2, -0.15) is 15.8 Å². The van der Waals surface area contributed by atoms with E-state index in [1.807, 2.05) is 6.07 Å². The molecule has 0 aromatic heterocycles. The zero-order valence-corrected chi connectivity index (χ0v) is 7.73. The summed E-state index contributed by atoms with van der Waals surface area (Å²) in [6.45, 7) is 0. The number of nitrogens with zero attached hydrogens (tertiary/aromatic N) is 3. The van der Waals surface area contributed by atoms with Gasteiger partial charge in [-0.05, 0) is 24.3 Å². The van der Waals surface area contributed by atoms with Crippen molar-refractivity contribution in [2.24, 2.45) is 0 Å². The molecule has 0 amide bonds. The molecule has 15 heavy (non-hydrogen) atoms. The maximum atomic E-state index is 8.55. The SMILES string of the molecule is N#CC(C#N)=CNc1ccc(C#N)cc1. The Labute approximate surface area is 87.3 Å². The molecule has 4 nitrogen and oxygen atoms in total. The van der Waals surface area contributed by atoms with Crippen LogP contribution >= 0.6 is 0 Å². The maximum absolute atomic E-state index is 8.55. The summed E-state index contributed by atoms with van der Waals surface area (Å²) in [5.41, 5.74) is 1.28. The van der Waals surface area contributed by atoms with Gasteiger partial charge in [0.15, 0.2) is 0 Å². The highest BCUT2D eigenvalue weighted by Crippen LogP contribution is 2.08. The van der Waals surface area contributed by atoms with Crippen LogP contribution in [0.1, 0.15) is 5.56 Å². The minimum atomic E-state index is -0.000593. The van der Waals surface area contributed by atoms with Crippen LogP contribution in [0.4, 0.5) is 5.69 Å². The number of benzene rings is 1. The van der Waals surface area contributed by atoms with Gasteiger partial charge in [-0.25, -0.2) is 0 Å². The summed E-state index contributed by atoms with van der Waals surface area (Å²) in [5, 5.41) is 28.3. The van der Waals surface area contributed by atoms with Crippen LogP contribution in [-0.4, -0.2) is 0 Å². The van der Waals surface area contributed by atoms with Crippen molar-refractivity contribution in [3.05, 3.63) is 41.6 Å². The molecule has 0 aliphatic rings. The fourth-order valence-electron chi connectivity index (χ4n) is 0.886. The lowest BCUT2D eigenvalue weighted by molar-refractivity contribution is 1.44. The van der Waals surface area contributed by atoms with Crippen LogP contribution in [-0.2, 0) is 0 Å². The van der Waals surface area contributed by atoms with Crippen molar-refractivity contribution in [3.63, 3.8) is 0 Å². The molecule has 70 valence electrons. The average Bonchev–Trinajstić information content (AvgIpc) is 2.31. The van der Waals surface area contributed by atoms with E-state index in [2.05, 4.69) is 5.32 Å². The number of nitriles is 3. The number of hydrogen-bond donors (Lipinski definition) is 1. The molecule has 1 aromatic rings. The van der Waals surface area contributed by atoms with Gasteiger partial charge >= 0.3 is 0 Å². The van der Waals surface area contributed by atoms with Gasteiger partial charge < -0.3 is 5.32 Å². The van der Waals surface area contributed by atoms with Gasteiger partial charge in [0.2, 0.25) is 0 Å². The maximum Gasteiger partial charge on any atom is 0.145 e. The molecule has 0 atom stereocenters. The molecule has 0 spiro atoms. The molecule has 4 heteroatoms. The predicted molar refractivity (Wildman–Crippen MR) is 54.1 cm³/mol. The molecule has 0 radical (unpaired) electrons. The van der Waals surface area contributed by atoms with E-state index >= 15 is 0 Å². The fraction of sp³-hybridized carbons (Fsp3) is 0. The molecule has 0 unspecified atom stereocenters. The quantitative estimate of drug-likeness (QED) is 0.728. The Morgan fingerprint density at radius 2 is 1.67 bits per heavy atom. The third-order valence-electron chi connectivity index (χ3n) is 1.64. The molecule has 1 aromatic carbocycles. The number of hydrogen-bond acceptors (Lipinski definition) is 4. The molecule has 0 aliphatic heterocycles. The van der Waals surface area contributed by atoms with Crippen LogP contribution in [0.3, 0.4) is 0 Å². The van der Waals surface area contributed by atoms with Gasteiger partial charge in [-0.15, -0.1) is 0 Å². The molecular weight excluding hydrogens is 188 g/mol. The topological polar surface area (TPSA) is 83.4 Å². The number of nitrogens with one attached hydrogen (secondary N) is 1. The number of rotatable bonds is 2. The second-order valence-corrected chi connectivity index (χ2v) is 2.62. The van der Waals surface area contributed by atoms with Gasteiger partial charge in [0.05, 0.1) is 11.6 Å². The van der Waals surface area contributed by atoms with Gasteiger partial charge in [0, 0.05) is 11.9 Å². The van der Waals surface area contributed by atoms with Gasteiger partial charge in [0.25, 0.3) is 0 Å². The van der Waals surface area contributed by atoms with E-state index in [0.717, 1.165) is 5.69 Å². The molecule has 1 N–H and O–H groups in total. The van der Waals surface area contributed by atoms with E-state index in [1.54, 1.807) is 36.4 Å². The summed E-state index contributed by atoms with van der Waals surface area (Å²) in [4.78, 5) is 0. The Bertz CT molecular complexity index is 475. The lowest BCUT2D eigenvalue weighted by Gasteiger charge is -1.99. The Kier molecular flexibility index (Phi) is 3.48. The van der Waals surface area contributed by atoms with E-state index in [9.17, 15) is 0 Å². The lowest BCUT2D eigenvalue weighted by Crippen LogP contribution is -1.89. The molecule has 0 saturated heterocycles. The molecule has 0 bridgehead atoms. The van der Waals surface area contributed by atoms with Crippen LogP contribution < -0.4 is 5.32 Å². The fourth-order valence-corrected chi connectivity index (χ4v) is 0.886. The minimum Gasteiger partial charge on any atom is -0.360 e. The zero-order valence-electron chi connectivity index (χ0n) is 7.73. The van der Waals surface area contributed by atoms with E-state index < -0.39 is 0 Å². The average molecular weight is 194 g/mol. The summed E-state index contributed by atoms with van der Waals surface area (Å²) in [6, 6.07) is 12.1. The Hall–Kier alpha value is -2.77. The number of allylic oxidation sites excluding steroid dienone is 1. The molecular formula is C11H6N4. The highest BCUT2D eigenvalue weighted by Gasteiger charge is 1.93. The smallest absolute Gasteiger partial charge is 0.145 e. The van der Waals surface area contributed by atoms with E-state index in [-0.39, 0.29) is 5.57 Å². The summed E-state index contributed by atoms with van der Waals surface area (Å²) in [5.74, 6) is 0. The van der Waals surface area contributed by atoms with Crippen LogP contribution in [0.2, 0.25) is 0 Å². The summed E-state index contributed by atoms with van der Waals surface area (Å²) in [7, 11) is 0. The van der Waals surface area contributed by atoms with Crippen molar-refractivity contribution in [2.45, 2.75) is 0 Å². The van der Waals surface area contributed by atoms with E-state index in [4.69, 9.17) is 15.8 Å². The largest absolute Gasteiger partial charge is 0.360 e. The first kappa shape index (κ1) is 10.3. The van der Waals surface area contributed by atoms with E-state index in [1.165, 1.54) is 6.20 Å². The molecule has 1 rings (SSSR count). The van der Waals surface area contributed by atoms with Gasteiger partial charge in [0.1, 0.15) is 17.7 Å². The second kappa shape index (κ2) is 5.07. The Morgan fingerprint density at radius 1 is 1.07 bits per heavy atom. The van der Waals surface area contributed by atoms with Crippen molar-refractivity contribution >= 4 is 5.69 Å². The van der Waals surface area contributed by atoms with Crippen molar-refractivity contribution in [3.8, 4) is 18.2 Å². The van der Waals surface area contributed by atoms with Crippen LogP contribution in [0.5, 0.6) is 0 Å². The van der Waals surface area contributed by atoms with E-state index in [0.29, 0.717) is 5.56 Å². The highest BCUT2D eigenvalue weighted by molar-refractivity contribution is 5.51. The Morgan fingerprint density at radius 3 is 2.13 bits per heavy atom. The minimum absolute atomic E-state index is 0.000593. The first-order valence-corrected chi connectivity index (χ1v) is 4.07. The van der Waals surface area contributed by atoms with Crippen molar-refractivity contribution < 1.29 is 0 Å². The molecule has 0 heterocycles. The number of anilines is 1. The molecule has 0 fully saturated rings. The lowest BCUT2D eigenvalue weighted by atomic mass is 10.2. The monoisotopic (exact) mass is 194 g/mol. The van der Waals surface area contributed by atoms with Gasteiger partial charge in [-0.1, -0.05) is 0 Å². The van der Waals surface area contributed by atoms with Crippen molar-refractivity contribution in [2.75, 3.05) is 5.32 Å². The predicted octanol–water partition coefficient (Wildman–Crippen LogP) is 1.90. The summed E-state index contributed by atoms with van der Waals surface area (Å²) in [6.07, 6.45) is 1.32. The van der Waals surface area contributed by atoms with Gasteiger partial charge in [-0.3, -0.25) is 0 Å². The third-order valence-corrected chi connectivity index (χ3v) is 1.64.